The normalized spacial score (nSPS) is 13.5. The molecule has 0 aliphatic heterocycles. The SMILES string of the molecule is CC(C)C(=O)NC(c1ccc(F)cc1)C(C)(C)C. The number of carbonyl (C=O) groups is 1. The Bertz CT molecular complexity index is 403. The van der Waals surface area contributed by atoms with Crippen LogP contribution in [0.5, 0.6) is 0 Å². The van der Waals surface area contributed by atoms with Crippen LogP contribution in [0.4, 0.5) is 4.39 Å². The third-order valence-electron chi connectivity index (χ3n) is 2.88. The summed E-state index contributed by atoms with van der Waals surface area (Å²) in [6, 6.07) is 6.19. The van der Waals surface area contributed by atoms with Gasteiger partial charge in [0.05, 0.1) is 6.04 Å². The molecule has 0 spiro atoms. The molecule has 0 aliphatic rings. The van der Waals surface area contributed by atoms with Gasteiger partial charge in [0.25, 0.3) is 0 Å². The lowest BCUT2D eigenvalue weighted by Gasteiger charge is -2.32. The molecule has 1 unspecified atom stereocenters. The van der Waals surface area contributed by atoms with Crippen LogP contribution in [0.1, 0.15) is 46.2 Å². The maximum Gasteiger partial charge on any atom is 0.223 e. The first-order chi connectivity index (χ1) is 8.21. The molecule has 1 atom stereocenters. The first kappa shape index (κ1) is 14.7. The van der Waals surface area contributed by atoms with Crippen molar-refractivity contribution in [2.45, 2.75) is 40.7 Å². The lowest BCUT2D eigenvalue weighted by Crippen LogP contribution is -2.38. The van der Waals surface area contributed by atoms with Gasteiger partial charge >= 0.3 is 0 Å². The number of hydrogen-bond donors (Lipinski definition) is 1. The second-order valence-electron chi connectivity index (χ2n) is 6.01. The van der Waals surface area contributed by atoms with E-state index in [4.69, 9.17) is 0 Å². The minimum atomic E-state index is -0.262. The quantitative estimate of drug-likeness (QED) is 0.872. The van der Waals surface area contributed by atoms with Gasteiger partial charge in [-0.3, -0.25) is 4.79 Å². The van der Waals surface area contributed by atoms with Crippen molar-refractivity contribution in [1.82, 2.24) is 5.32 Å². The van der Waals surface area contributed by atoms with Crippen LogP contribution in [-0.2, 0) is 4.79 Å². The zero-order valence-electron chi connectivity index (χ0n) is 11.8. The van der Waals surface area contributed by atoms with E-state index in [9.17, 15) is 9.18 Å². The highest BCUT2D eigenvalue weighted by Crippen LogP contribution is 2.33. The molecule has 1 aromatic rings. The Morgan fingerprint density at radius 2 is 1.67 bits per heavy atom. The minimum absolute atomic E-state index is 0.0132. The van der Waals surface area contributed by atoms with Gasteiger partial charge in [0, 0.05) is 5.92 Å². The molecular weight excluding hydrogens is 229 g/mol. The van der Waals surface area contributed by atoms with E-state index in [-0.39, 0.29) is 29.1 Å². The Morgan fingerprint density at radius 3 is 2.06 bits per heavy atom. The molecular formula is C15H22FNO. The Labute approximate surface area is 109 Å². The molecule has 1 N–H and O–H groups in total. The van der Waals surface area contributed by atoms with Gasteiger partial charge in [-0.1, -0.05) is 46.8 Å². The predicted octanol–water partition coefficient (Wildman–Crippen LogP) is 3.69. The zero-order valence-corrected chi connectivity index (χ0v) is 11.8. The number of hydrogen-bond acceptors (Lipinski definition) is 1. The van der Waals surface area contributed by atoms with Crippen LogP contribution < -0.4 is 5.32 Å². The van der Waals surface area contributed by atoms with E-state index >= 15 is 0 Å². The monoisotopic (exact) mass is 251 g/mol. The molecule has 1 amide bonds. The highest BCUT2D eigenvalue weighted by atomic mass is 19.1. The second kappa shape index (κ2) is 5.51. The number of carbonyl (C=O) groups excluding carboxylic acids is 1. The highest BCUT2D eigenvalue weighted by Gasteiger charge is 2.28. The fourth-order valence-corrected chi connectivity index (χ4v) is 1.76. The average molecular weight is 251 g/mol. The molecule has 0 saturated heterocycles. The second-order valence-corrected chi connectivity index (χ2v) is 6.01. The average Bonchev–Trinajstić information content (AvgIpc) is 2.25. The molecule has 0 fully saturated rings. The van der Waals surface area contributed by atoms with Gasteiger partial charge < -0.3 is 5.32 Å². The number of amides is 1. The summed E-state index contributed by atoms with van der Waals surface area (Å²) >= 11 is 0. The van der Waals surface area contributed by atoms with E-state index in [0.717, 1.165) is 5.56 Å². The largest absolute Gasteiger partial charge is 0.349 e. The van der Waals surface area contributed by atoms with Crippen molar-refractivity contribution in [3.05, 3.63) is 35.6 Å². The van der Waals surface area contributed by atoms with Crippen LogP contribution in [0.15, 0.2) is 24.3 Å². The molecule has 0 radical (unpaired) electrons. The summed E-state index contributed by atoms with van der Waals surface area (Å²) in [6.45, 7) is 9.89. The van der Waals surface area contributed by atoms with Crippen LogP contribution >= 0.6 is 0 Å². The molecule has 1 rings (SSSR count). The number of halogens is 1. The van der Waals surface area contributed by atoms with Crippen molar-refractivity contribution in [1.29, 1.82) is 0 Å². The van der Waals surface area contributed by atoms with Gasteiger partial charge in [0.2, 0.25) is 5.91 Å². The standard InChI is InChI=1S/C15H22FNO/c1-10(2)14(18)17-13(15(3,4)5)11-6-8-12(16)9-7-11/h6-10,13H,1-5H3,(H,17,18). The van der Waals surface area contributed by atoms with Crippen molar-refractivity contribution >= 4 is 5.91 Å². The van der Waals surface area contributed by atoms with Crippen LogP contribution in [0.3, 0.4) is 0 Å². The first-order valence-electron chi connectivity index (χ1n) is 6.27. The van der Waals surface area contributed by atoms with Gasteiger partial charge in [-0.25, -0.2) is 4.39 Å². The Hall–Kier alpha value is -1.38. The van der Waals surface area contributed by atoms with Crippen LogP contribution in [-0.4, -0.2) is 5.91 Å². The van der Waals surface area contributed by atoms with Gasteiger partial charge in [0.15, 0.2) is 0 Å². The minimum Gasteiger partial charge on any atom is -0.349 e. The number of benzene rings is 1. The predicted molar refractivity (Wildman–Crippen MR) is 71.6 cm³/mol. The Morgan fingerprint density at radius 1 is 1.17 bits per heavy atom. The van der Waals surface area contributed by atoms with E-state index in [1.807, 2.05) is 13.8 Å². The van der Waals surface area contributed by atoms with Crippen LogP contribution in [0.25, 0.3) is 0 Å². The zero-order chi connectivity index (χ0) is 13.9. The van der Waals surface area contributed by atoms with Gasteiger partial charge in [-0.15, -0.1) is 0 Å². The van der Waals surface area contributed by atoms with E-state index < -0.39 is 0 Å². The molecule has 0 bridgehead atoms. The molecule has 100 valence electrons. The molecule has 1 aromatic carbocycles. The van der Waals surface area contributed by atoms with Crippen LogP contribution in [0.2, 0.25) is 0 Å². The summed E-state index contributed by atoms with van der Waals surface area (Å²) in [5.41, 5.74) is 0.806. The summed E-state index contributed by atoms with van der Waals surface area (Å²) < 4.78 is 13.0. The van der Waals surface area contributed by atoms with E-state index in [1.54, 1.807) is 12.1 Å². The summed E-state index contributed by atoms with van der Waals surface area (Å²) in [4.78, 5) is 11.9. The summed E-state index contributed by atoms with van der Waals surface area (Å²) in [6.07, 6.45) is 0. The van der Waals surface area contributed by atoms with E-state index in [1.165, 1.54) is 12.1 Å². The maximum atomic E-state index is 13.0. The van der Waals surface area contributed by atoms with Crippen molar-refractivity contribution in [3.8, 4) is 0 Å². The molecule has 0 saturated carbocycles. The smallest absolute Gasteiger partial charge is 0.223 e. The summed E-state index contributed by atoms with van der Waals surface area (Å²) in [5, 5.41) is 3.03. The first-order valence-corrected chi connectivity index (χ1v) is 6.27. The Balaban J connectivity index is 2.99. The lowest BCUT2D eigenvalue weighted by molar-refractivity contribution is -0.125. The fourth-order valence-electron chi connectivity index (χ4n) is 1.76. The molecule has 2 nitrogen and oxygen atoms in total. The van der Waals surface area contributed by atoms with Gasteiger partial charge in [-0.05, 0) is 23.1 Å². The molecule has 0 heterocycles. The molecule has 0 aromatic heterocycles. The maximum absolute atomic E-state index is 13.0. The highest BCUT2D eigenvalue weighted by molar-refractivity contribution is 5.78. The Kier molecular flexibility index (Phi) is 4.49. The van der Waals surface area contributed by atoms with Crippen molar-refractivity contribution < 1.29 is 9.18 Å². The third kappa shape index (κ3) is 3.83. The third-order valence-corrected chi connectivity index (χ3v) is 2.88. The van der Waals surface area contributed by atoms with Crippen molar-refractivity contribution in [2.24, 2.45) is 11.3 Å². The molecule has 0 aliphatic carbocycles. The van der Waals surface area contributed by atoms with E-state index in [2.05, 4.69) is 26.1 Å². The van der Waals surface area contributed by atoms with Crippen molar-refractivity contribution in [3.63, 3.8) is 0 Å². The van der Waals surface area contributed by atoms with Crippen molar-refractivity contribution in [2.75, 3.05) is 0 Å². The van der Waals surface area contributed by atoms with Gasteiger partial charge in [-0.2, -0.15) is 0 Å². The molecule has 18 heavy (non-hydrogen) atoms. The topological polar surface area (TPSA) is 29.1 Å². The van der Waals surface area contributed by atoms with Gasteiger partial charge in [0.1, 0.15) is 5.82 Å². The van der Waals surface area contributed by atoms with Crippen LogP contribution in [0, 0.1) is 17.2 Å². The summed E-state index contributed by atoms with van der Waals surface area (Å²) in [7, 11) is 0. The number of nitrogens with one attached hydrogen (secondary N) is 1. The lowest BCUT2D eigenvalue weighted by atomic mass is 9.82. The summed E-state index contributed by atoms with van der Waals surface area (Å²) in [5.74, 6) is -0.309. The molecule has 3 heteroatoms. The fraction of sp³-hybridized carbons (Fsp3) is 0.533. The number of rotatable bonds is 3. The van der Waals surface area contributed by atoms with E-state index in [0.29, 0.717) is 0 Å².